The fourth-order valence-electron chi connectivity index (χ4n) is 2.88. The zero-order valence-electron chi connectivity index (χ0n) is 13.7. The number of likely N-dealkylation sites (N-methyl/N-ethyl adjacent to an activating group) is 1. The normalized spacial score (nSPS) is 18.0. The molecule has 134 valence electrons. The minimum absolute atomic E-state index is 0.155. The van der Waals surface area contributed by atoms with Crippen LogP contribution in [-0.2, 0) is 4.79 Å². The molecule has 2 rings (SSSR count). The fourth-order valence-corrected chi connectivity index (χ4v) is 2.88. The number of carbonyl (C=O) groups excluding carboxylic acids is 1. The molecule has 1 saturated heterocycles. The number of halogens is 4. The van der Waals surface area contributed by atoms with Gasteiger partial charge in [-0.05, 0) is 20.2 Å². The van der Waals surface area contributed by atoms with Crippen LogP contribution >= 0.6 is 0 Å². The lowest BCUT2D eigenvalue weighted by atomic mass is 10.0. The SMILES string of the molecule is CN(C)[C@@H](C(=O)N1CCN(CC(F)(F)F)CC1)c1ccccc1F. The summed E-state index contributed by atoms with van der Waals surface area (Å²) in [5.41, 5.74) is 0.269. The quantitative estimate of drug-likeness (QED) is 0.781. The highest BCUT2D eigenvalue weighted by Gasteiger charge is 2.35. The number of piperazine rings is 1. The first-order valence-corrected chi connectivity index (χ1v) is 7.68. The molecule has 0 N–H and O–H groups in total. The number of hydrogen-bond acceptors (Lipinski definition) is 3. The lowest BCUT2D eigenvalue weighted by Gasteiger charge is -2.38. The Balaban J connectivity index is 2.06. The Labute approximate surface area is 138 Å². The molecule has 0 radical (unpaired) electrons. The van der Waals surface area contributed by atoms with E-state index in [-0.39, 0.29) is 37.6 Å². The van der Waals surface area contributed by atoms with E-state index in [2.05, 4.69) is 0 Å². The standard InChI is InChI=1S/C16H21F4N3O/c1-21(2)14(12-5-3-4-6-13(12)17)15(24)23-9-7-22(8-10-23)11-16(18,19)20/h3-6,14H,7-11H2,1-2H3/t14-/m1/s1. The van der Waals surface area contributed by atoms with Gasteiger partial charge in [0.1, 0.15) is 11.9 Å². The lowest BCUT2D eigenvalue weighted by Crippen LogP contribution is -2.53. The highest BCUT2D eigenvalue weighted by atomic mass is 19.4. The maximum Gasteiger partial charge on any atom is 0.401 e. The first kappa shape index (κ1) is 18.7. The van der Waals surface area contributed by atoms with Crippen molar-refractivity contribution in [3.63, 3.8) is 0 Å². The predicted octanol–water partition coefficient (Wildman–Crippen LogP) is 2.13. The second-order valence-corrected chi connectivity index (χ2v) is 6.10. The molecule has 1 aliphatic rings. The molecule has 1 amide bonds. The molecule has 4 nitrogen and oxygen atoms in total. The highest BCUT2D eigenvalue weighted by Crippen LogP contribution is 2.25. The second-order valence-electron chi connectivity index (χ2n) is 6.10. The summed E-state index contributed by atoms with van der Waals surface area (Å²) >= 11 is 0. The van der Waals surface area contributed by atoms with E-state index in [1.165, 1.54) is 15.9 Å². The van der Waals surface area contributed by atoms with E-state index >= 15 is 0 Å². The van der Waals surface area contributed by atoms with Gasteiger partial charge in [-0.3, -0.25) is 14.6 Å². The average molecular weight is 347 g/mol. The van der Waals surface area contributed by atoms with Crippen LogP contribution in [0.4, 0.5) is 17.6 Å². The number of carbonyl (C=O) groups is 1. The Bertz CT molecular complexity index is 569. The Morgan fingerprint density at radius 2 is 1.75 bits per heavy atom. The summed E-state index contributed by atoms with van der Waals surface area (Å²) in [6, 6.07) is 5.26. The molecule has 1 aliphatic heterocycles. The molecular formula is C16H21F4N3O. The molecule has 24 heavy (non-hydrogen) atoms. The summed E-state index contributed by atoms with van der Waals surface area (Å²) in [7, 11) is 3.35. The summed E-state index contributed by atoms with van der Waals surface area (Å²) in [4.78, 5) is 17.2. The Hall–Kier alpha value is -1.67. The van der Waals surface area contributed by atoms with Crippen LogP contribution in [0.5, 0.6) is 0 Å². The number of hydrogen-bond donors (Lipinski definition) is 0. The van der Waals surface area contributed by atoms with E-state index in [0.717, 1.165) is 0 Å². The molecular weight excluding hydrogens is 326 g/mol. The van der Waals surface area contributed by atoms with E-state index in [4.69, 9.17) is 0 Å². The Morgan fingerprint density at radius 3 is 2.25 bits per heavy atom. The number of alkyl halides is 3. The smallest absolute Gasteiger partial charge is 0.338 e. The van der Waals surface area contributed by atoms with Crippen LogP contribution in [0.15, 0.2) is 24.3 Å². The summed E-state index contributed by atoms with van der Waals surface area (Å²) in [5, 5.41) is 0. The lowest BCUT2D eigenvalue weighted by molar-refractivity contribution is -0.153. The van der Waals surface area contributed by atoms with Gasteiger partial charge in [-0.1, -0.05) is 18.2 Å². The molecule has 0 aromatic heterocycles. The van der Waals surface area contributed by atoms with Crippen LogP contribution in [0.3, 0.4) is 0 Å². The molecule has 0 aliphatic carbocycles. The molecule has 1 atom stereocenters. The summed E-state index contributed by atoms with van der Waals surface area (Å²) < 4.78 is 51.3. The molecule has 1 aromatic rings. The number of benzene rings is 1. The fraction of sp³-hybridized carbons (Fsp3) is 0.562. The molecule has 0 saturated carbocycles. The minimum atomic E-state index is -4.24. The maximum absolute atomic E-state index is 14.0. The Morgan fingerprint density at radius 1 is 1.17 bits per heavy atom. The molecule has 0 spiro atoms. The van der Waals surface area contributed by atoms with Gasteiger partial charge in [-0.2, -0.15) is 13.2 Å². The summed E-state index contributed by atoms with van der Waals surface area (Å²) in [5.74, 6) is -0.767. The first-order valence-electron chi connectivity index (χ1n) is 7.68. The first-order chi connectivity index (χ1) is 11.2. The van der Waals surface area contributed by atoms with Gasteiger partial charge < -0.3 is 4.90 Å². The van der Waals surface area contributed by atoms with Gasteiger partial charge in [0.15, 0.2) is 0 Å². The van der Waals surface area contributed by atoms with Crippen molar-refractivity contribution in [2.45, 2.75) is 12.2 Å². The van der Waals surface area contributed by atoms with Crippen molar-refractivity contribution in [3.05, 3.63) is 35.6 Å². The van der Waals surface area contributed by atoms with Crippen LogP contribution in [0.1, 0.15) is 11.6 Å². The molecule has 1 aromatic carbocycles. The molecule has 1 heterocycles. The van der Waals surface area contributed by atoms with Gasteiger partial charge in [0.2, 0.25) is 5.91 Å². The maximum atomic E-state index is 14.0. The van der Waals surface area contributed by atoms with Gasteiger partial charge >= 0.3 is 6.18 Å². The van der Waals surface area contributed by atoms with E-state index in [1.54, 1.807) is 37.2 Å². The monoisotopic (exact) mass is 347 g/mol. The molecule has 0 bridgehead atoms. The van der Waals surface area contributed by atoms with E-state index in [9.17, 15) is 22.4 Å². The van der Waals surface area contributed by atoms with Gasteiger partial charge in [-0.25, -0.2) is 4.39 Å². The van der Waals surface area contributed by atoms with Crippen LogP contribution in [0.25, 0.3) is 0 Å². The molecule has 8 heteroatoms. The number of nitrogens with zero attached hydrogens (tertiary/aromatic N) is 3. The van der Waals surface area contributed by atoms with E-state index < -0.39 is 24.6 Å². The van der Waals surface area contributed by atoms with Crippen LogP contribution in [0, 0.1) is 5.82 Å². The molecule has 1 fully saturated rings. The van der Waals surface area contributed by atoms with Crippen molar-refractivity contribution < 1.29 is 22.4 Å². The topological polar surface area (TPSA) is 26.8 Å². The van der Waals surface area contributed by atoms with Crippen LogP contribution < -0.4 is 0 Å². The summed E-state index contributed by atoms with van der Waals surface area (Å²) in [6.45, 7) is -0.258. The predicted molar refractivity (Wildman–Crippen MR) is 81.9 cm³/mol. The third-order valence-corrected chi connectivity index (χ3v) is 4.04. The van der Waals surface area contributed by atoms with Crippen LogP contribution in [0.2, 0.25) is 0 Å². The summed E-state index contributed by atoms with van der Waals surface area (Å²) in [6.07, 6.45) is -4.24. The van der Waals surface area contributed by atoms with Crippen molar-refractivity contribution in [1.82, 2.24) is 14.7 Å². The van der Waals surface area contributed by atoms with Gasteiger partial charge in [0.05, 0.1) is 6.54 Å². The zero-order chi connectivity index (χ0) is 17.9. The zero-order valence-corrected chi connectivity index (χ0v) is 13.7. The minimum Gasteiger partial charge on any atom is -0.338 e. The second kappa shape index (κ2) is 7.48. The third kappa shape index (κ3) is 4.67. The largest absolute Gasteiger partial charge is 0.401 e. The van der Waals surface area contributed by atoms with E-state index in [0.29, 0.717) is 0 Å². The van der Waals surface area contributed by atoms with Gasteiger partial charge in [0, 0.05) is 31.7 Å². The Kier molecular flexibility index (Phi) is 5.82. The van der Waals surface area contributed by atoms with Gasteiger partial charge in [-0.15, -0.1) is 0 Å². The molecule has 0 unspecified atom stereocenters. The van der Waals surface area contributed by atoms with Crippen molar-refractivity contribution in [3.8, 4) is 0 Å². The van der Waals surface area contributed by atoms with E-state index in [1.807, 2.05) is 0 Å². The number of amides is 1. The average Bonchev–Trinajstić information content (AvgIpc) is 2.48. The van der Waals surface area contributed by atoms with Crippen molar-refractivity contribution >= 4 is 5.91 Å². The van der Waals surface area contributed by atoms with Crippen molar-refractivity contribution in [2.24, 2.45) is 0 Å². The highest BCUT2D eigenvalue weighted by molar-refractivity contribution is 5.83. The van der Waals surface area contributed by atoms with Gasteiger partial charge in [0.25, 0.3) is 0 Å². The van der Waals surface area contributed by atoms with Crippen molar-refractivity contribution in [1.29, 1.82) is 0 Å². The number of rotatable bonds is 4. The van der Waals surface area contributed by atoms with Crippen molar-refractivity contribution in [2.75, 3.05) is 46.8 Å². The van der Waals surface area contributed by atoms with Crippen LogP contribution in [-0.4, -0.2) is 73.6 Å². The third-order valence-electron chi connectivity index (χ3n) is 4.04.